The minimum absolute atomic E-state index is 0.385. The van der Waals surface area contributed by atoms with Gasteiger partial charge in [0.05, 0.1) is 13.7 Å². The van der Waals surface area contributed by atoms with Crippen molar-refractivity contribution in [3.8, 4) is 0 Å². The van der Waals surface area contributed by atoms with Crippen molar-refractivity contribution in [2.75, 3.05) is 7.11 Å². The molecule has 0 radical (unpaired) electrons. The molecule has 2 aromatic carbocycles. The van der Waals surface area contributed by atoms with Crippen LogP contribution in [-0.2, 0) is 20.9 Å². The number of alkyl halides is 3. The van der Waals surface area contributed by atoms with Gasteiger partial charge in [0.1, 0.15) is 0 Å². The molecular formula is C16H14ClF3O3. The summed E-state index contributed by atoms with van der Waals surface area (Å²) in [6.07, 6.45) is -4.88. The number of carbonyl (C=O) groups excluding carboxylic acids is 1. The zero-order valence-electron chi connectivity index (χ0n) is 12.4. The largest absolute Gasteiger partial charge is 0.467 e. The molecule has 0 aliphatic carbocycles. The van der Waals surface area contributed by atoms with Gasteiger partial charge in [-0.3, -0.25) is 0 Å². The Bertz CT molecular complexity index is 730. The topological polar surface area (TPSA) is 35.5 Å². The van der Waals surface area contributed by atoms with Crippen molar-refractivity contribution in [2.45, 2.75) is 25.3 Å². The molecule has 0 bridgehead atoms. The van der Waals surface area contributed by atoms with Gasteiger partial charge in [-0.15, -0.1) is 0 Å². The number of rotatable bonds is 4. The first-order valence-electron chi connectivity index (χ1n) is 6.64. The second-order valence-electron chi connectivity index (χ2n) is 5.14. The van der Waals surface area contributed by atoms with E-state index in [0.717, 1.165) is 17.9 Å². The third-order valence-electron chi connectivity index (χ3n) is 3.51. The van der Waals surface area contributed by atoms with Crippen molar-refractivity contribution in [3.05, 3.63) is 47.0 Å². The molecule has 1 unspecified atom stereocenters. The molecule has 0 saturated heterocycles. The molecule has 124 valence electrons. The molecule has 0 spiro atoms. The molecule has 1 atom stereocenters. The van der Waals surface area contributed by atoms with Crippen LogP contribution < -0.4 is 0 Å². The normalized spacial score (nSPS) is 14.5. The summed E-state index contributed by atoms with van der Waals surface area (Å²) in [6.45, 7) is 0.267. The summed E-state index contributed by atoms with van der Waals surface area (Å²) < 4.78 is 48.4. The Kier molecular flexibility index (Phi) is 4.87. The molecule has 0 aliphatic heterocycles. The standard InChI is InChI=1S/C16H14ClF3O3/c1-15(14(21)22-2,16(18,19)20)23-9-10-3-4-12-8-13(17)6-5-11(12)7-10/h3-8H,9H2,1-2H3. The van der Waals surface area contributed by atoms with Gasteiger partial charge < -0.3 is 9.47 Å². The first kappa shape index (κ1) is 17.6. The number of esters is 1. The Balaban J connectivity index is 2.24. The van der Waals surface area contributed by atoms with Gasteiger partial charge in [-0.25, -0.2) is 4.79 Å². The minimum Gasteiger partial charge on any atom is -0.467 e. The Hall–Kier alpha value is -1.79. The molecule has 3 nitrogen and oxygen atoms in total. The number of carbonyl (C=O) groups is 1. The smallest absolute Gasteiger partial charge is 0.428 e. The van der Waals surface area contributed by atoms with E-state index in [4.69, 9.17) is 16.3 Å². The molecular weight excluding hydrogens is 333 g/mol. The lowest BCUT2D eigenvalue weighted by atomic mass is 10.1. The van der Waals surface area contributed by atoms with Gasteiger partial charge in [-0.05, 0) is 41.5 Å². The molecule has 0 N–H and O–H groups in total. The van der Waals surface area contributed by atoms with E-state index in [9.17, 15) is 18.0 Å². The maximum atomic E-state index is 13.1. The molecule has 23 heavy (non-hydrogen) atoms. The summed E-state index contributed by atoms with van der Waals surface area (Å²) in [5, 5.41) is 2.23. The summed E-state index contributed by atoms with van der Waals surface area (Å²) in [5.41, 5.74) is -2.52. The first-order valence-corrected chi connectivity index (χ1v) is 7.02. The van der Waals surface area contributed by atoms with Crippen LogP contribution in [0.15, 0.2) is 36.4 Å². The van der Waals surface area contributed by atoms with Gasteiger partial charge in [0.2, 0.25) is 0 Å². The summed E-state index contributed by atoms with van der Waals surface area (Å²) >= 11 is 5.88. The van der Waals surface area contributed by atoms with E-state index in [1.807, 2.05) is 0 Å². The van der Waals surface area contributed by atoms with Crippen LogP contribution in [0.25, 0.3) is 10.8 Å². The van der Waals surface area contributed by atoms with Crippen LogP contribution in [0, 0.1) is 0 Å². The van der Waals surface area contributed by atoms with Crippen molar-refractivity contribution in [3.63, 3.8) is 0 Å². The summed E-state index contributed by atoms with van der Waals surface area (Å²) in [4.78, 5) is 11.5. The Morgan fingerprint density at radius 2 is 1.74 bits per heavy atom. The summed E-state index contributed by atoms with van der Waals surface area (Å²) in [6, 6.07) is 10.2. The van der Waals surface area contributed by atoms with Gasteiger partial charge in [-0.2, -0.15) is 13.2 Å². The molecule has 0 aromatic heterocycles. The van der Waals surface area contributed by atoms with Crippen LogP contribution in [0.5, 0.6) is 0 Å². The second kappa shape index (κ2) is 6.37. The lowest BCUT2D eigenvalue weighted by molar-refractivity contribution is -0.273. The highest BCUT2D eigenvalue weighted by atomic mass is 35.5. The monoisotopic (exact) mass is 346 g/mol. The molecule has 2 rings (SSSR count). The average molecular weight is 347 g/mol. The van der Waals surface area contributed by atoms with E-state index in [0.29, 0.717) is 17.5 Å². The number of hydrogen-bond acceptors (Lipinski definition) is 3. The van der Waals surface area contributed by atoms with Crippen LogP contribution in [0.3, 0.4) is 0 Å². The third-order valence-corrected chi connectivity index (χ3v) is 3.75. The van der Waals surface area contributed by atoms with E-state index >= 15 is 0 Å². The second-order valence-corrected chi connectivity index (χ2v) is 5.57. The maximum Gasteiger partial charge on any atom is 0.428 e. The number of fused-ring (bicyclic) bond motifs is 1. The fraction of sp³-hybridized carbons (Fsp3) is 0.312. The predicted molar refractivity (Wildman–Crippen MR) is 80.2 cm³/mol. The van der Waals surface area contributed by atoms with Crippen LogP contribution in [0.2, 0.25) is 5.02 Å². The number of methoxy groups -OCH3 is 1. The molecule has 0 saturated carbocycles. The number of hydrogen-bond donors (Lipinski definition) is 0. The van der Waals surface area contributed by atoms with E-state index in [2.05, 4.69) is 4.74 Å². The number of ether oxygens (including phenoxy) is 2. The van der Waals surface area contributed by atoms with Gasteiger partial charge in [0.15, 0.2) is 0 Å². The summed E-state index contributed by atoms with van der Waals surface area (Å²) in [5.74, 6) is -1.49. The highest BCUT2D eigenvalue weighted by Gasteiger charge is 2.59. The van der Waals surface area contributed by atoms with Crippen molar-refractivity contribution in [2.24, 2.45) is 0 Å². The Labute approximate surface area is 135 Å². The zero-order chi connectivity index (χ0) is 17.3. The zero-order valence-corrected chi connectivity index (χ0v) is 13.2. The van der Waals surface area contributed by atoms with E-state index in [1.165, 1.54) is 0 Å². The lowest BCUT2D eigenvalue weighted by Gasteiger charge is -2.29. The van der Waals surface area contributed by atoms with Crippen molar-refractivity contribution in [1.82, 2.24) is 0 Å². The molecule has 0 aliphatic rings. The molecule has 2 aromatic rings. The molecule has 7 heteroatoms. The quantitative estimate of drug-likeness (QED) is 0.764. The third kappa shape index (κ3) is 3.59. The summed E-state index contributed by atoms with van der Waals surface area (Å²) in [7, 11) is 0.884. The van der Waals surface area contributed by atoms with Crippen molar-refractivity contribution >= 4 is 28.3 Å². The number of halogens is 4. The highest BCUT2D eigenvalue weighted by molar-refractivity contribution is 6.31. The van der Waals surface area contributed by atoms with Crippen LogP contribution in [0.1, 0.15) is 12.5 Å². The first-order chi connectivity index (χ1) is 10.7. The molecule has 0 amide bonds. The Morgan fingerprint density at radius 1 is 1.13 bits per heavy atom. The Morgan fingerprint density at radius 3 is 2.35 bits per heavy atom. The maximum absolute atomic E-state index is 13.1. The minimum atomic E-state index is -4.88. The molecule has 0 fully saturated rings. The van der Waals surface area contributed by atoms with Gasteiger partial charge in [-0.1, -0.05) is 29.8 Å². The number of benzene rings is 2. The average Bonchev–Trinajstić information content (AvgIpc) is 2.50. The predicted octanol–water partition coefficient (Wildman–Crippen LogP) is 4.50. The SMILES string of the molecule is COC(=O)C(C)(OCc1ccc2cc(Cl)ccc2c1)C(F)(F)F. The van der Waals surface area contributed by atoms with Crippen LogP contribution in [0.4, 0.5) is 13.2 Å². The fourth-order valence-corrected chi connectivity index (χ4v) is 2.22. The van der Waals surface area contributed by atoms with E-state index < -0.39 is 17.7 Å². The van der Waals surface area contributed by atoms with Gasteiger partial charge >= 0.3 is 12.1 Å². The van der Waals surface area contributed by atoms with Crippen molar-refractivity contribution in [1.29, 1.82) is 0 Å². The lowest BCUT2D eigenvalue weighted by Crippen LogP contribution is -2.52. The fourth-order valence-electron chi connectivity index (χ4n) is 2.03. The molecule has 0 heterocycles. The van der Waals surface area contributed by atoms with E-state index in [-0.39, 0.29) is 6.61 Å². The van der Waals surface area contributed by atoms with E-state index in [1.54, 1.807) is 36.4 Å². The van der Waals surface area contributed by atoms with Crippen molar-refractivity contribution < 1.29 is 27.4 Å². The van der Waals surface area contributed by atoms with Crippen LogP contribution in [-0.4, -0.2) is 24.9 Å². The van der Waals surface area contributed by atoms with Gasteiger partial charge in [0, 0.05) is 5.02 Å². The van der Waals surface area contributed by atoms with Gasteiger partial charge in [0.25, 0.3) is 5.60 Å². The highest BCUT2D eigenvalue weighted by Crippen LogP contribution is 2.35. The van der Waals surface area contributed by atoms with Crippen LogP contribution >= 0.6 is 11.6 Å².